The lowest BCUT2D eigenvalue weighted by atomic mass is 10.0. The van der Waals surface area contributed by atoms with Crippen molar-refractivity contribution in [3.8, 4) is 6.07 Å². The molecule has 0 saturated carbocycles. The van der Waals surface area contributed by atoms with Gasteiger partial charge in [-0.1, -0.05) is 0 Å². The van der Waals surface area contributed by atoms with Crippen LogP contribution in [0.1, 0.15) is 25.3 Å². The second-order valence-corrected chi connectivity index (χ2v) is 4.93. The third-order valence-corrected chi connectivity index (χ3v) is 3.44. The fourth-order valence-electron chi connectivity index (χ4n) is 2.49. The minimum Gasteiger partial charge on any atom is -0.450 e. The number of carbonyl (C=O) groups excluding carboxylic acids is 1. The van der Waals surface area contributed by atoms with Gasteiger partial charge in [-0.3, -0.25) is 0 Å². The van der Waals surface area contributed by atoms with Crippen molar-refractivity contribution in [2.45, 2.75) is 25.8 Å². The van der Waals surface area contributed by atoms with E-state index in [4.69, 9.17) is 10.00 Å². The van der Waals surface area contributed by atoms with E-state index in [-0.39, 0.29) is 6.04 Å². The van der Waals surface area contributed by atoms with Gasteiger partial charge in [0.1, 0.15) is 5.82 Å². The van der Waals surface area contributed by atoms with E-state index in [1.807, 2.05) is 11.0 Å². The summed E-state index contributed by atoms with van der Waals surface area (Å²) in [4.78, 5) is 13.3. The molecule has 1 heterocycles. The van der Waals surface area contributed by atoms with Gasteiger partial charge in [0.05, 0.1) is 23.9 Å². The third kappa shape index (κ3) is 3.85. The van der Waals surface area contributed by atoms with Crippen LogP contribution in [0.4, 0.5) is 14.9 Å². The van der Waals surface area contributed by atoms with Crippen LogP contribution >= 0.6 is 0 Å². The van der Waals surface area contributed by atoms with E-state index in [2.05, 4.69) is 5.32 Å². The molecular formula is C15H18FN3O2. The van der Waals surface area contributed by atoms with Crippen molar-refractivity contribution in [2.75, 3.05) is 24.6 Å². The Labute approximate surface area is 123 Å². The Morgan fingerprint density at radius 3 is 3.10 bits per heavy atom. The number of anilines is 1. The highest BCUT2D eigenvalue weighted by Gasteiger charge is 2.23. The molecule has 1 atom stereocenters. The third-order valence-electron chi connectivity index (χ3n) is 3.44. The Kier molecular flexibility index (Phi) is 4.99. The fraction of sp³-hybridized carbons (Fsp3) is 0.467. The molecule has 0 unspecified atom stereocenters. The van der Waals surface area contributed by atoms with Crippen molar-refractivity contribution >= 4 is 11.8 Å². The molecule has 1 N–H and O–H groups in total. The molecule has 1 aliphatic rings. The Balaban J connectivity index is 2.04. The molecule has 1 aromatic carbocycles. The van der Waals surface area contributed by atoms with E-state index in [1.54, 1.807) is 19.1 Å². The SMILES string of the molecule is CCOC(=O)N[C@@H]1CCCN(c2ccc(C#N)cc2F)C1. The van der Waals surface area contributed by atoms with Gasteiger partial charge in [-0.2, -0.15) is 5.26 Å². The summed E-state index contributed by atoms with van der Waals surface area (Å²) < 4.78 is 18.9. The molecular weight excluding hydrogens is 273 g/mol. The number of nitrogens with one attached hydrogen (secondary N) is 1. The molecule has 5 nitrogen and oxygen atoms in total. The minimum absolute atomic E-state index is 0.0622. The van der Waals surface area contributed by atoms with Crippen LogP contribution in [-0.4, -0.2) is 31.8 Å². The van der Waals surface area contributed by atoms with Gasteiger partial charge in [-0.05, 0) is 38.0 Å². The monoisotopic (exact) mass is 291 g/mol. The fourth-order valence-corrected chi connectivity index (χ4v) is 2.49. The van der Waals surface area contributed by atoms with Crippen molar-refractivity contribution in [1.29, 1.82) is 5.26 Å². The van der Waals surface area contributed by atoms with E-state index in [9.17, 15) is 9.18 Å². The Hall–Kier alpha value is -2.29. The summed E-state index contributed by atoms with van der Waals surface area (Å²) in [5, 5.41) is 11.5. The van der Waals surface area contributed by atoms with Crippen LogP contribution < -0.4 is 10.2 Å². The lowest BCUT2D eigenvalue weighted by Crippen LogP contribution is -2.48. The molecule has 1 fully saturated rings. The van der Waals surface area contributed by atoms with Crippen LogP contribution in [0, 0.1) is 17.1 Å². The number of amides is 1. The molecule has 112 valence electrons. The van der Waals surface area contributed by atoms with E-state index in [0.29, 0.717) is 24.4 Å². The number of piperidine rings is 1. The molecule has 21 heavy (non-hydrogen) atoms. The normalized spacial score (nSPS) is 18.0. The molecule has 6 heteroatoms. The predicted molar refractivity (Wildman–Crippen MR) is 76.5 cm³/mol. The number of benzene rings is 1. The summed E-state index contributed by atoms with van der Waals surface area (Å²) >= 11 is 0. The second kappa shape index (κ2) is 6.93. The van der Waals surface area contributed by atoms with Gasteiger partial charge in [0.25, 0.3) is 0 Å². The molecule has 0 bridgehead atoms. The van der Waals surface area contributed by atoms with E-state index >= 15 is 0 Å². The van der Waals surface area contributed by atoms with Gasteiger partial charge >= 0.3 is 6.09 Å². The van der Waals surface area contributed by atoms with Crippen molar-refractivity contribution in [3.05, 3.63) is 29.6 Å². The second-order valence-electron chi connectivity index (χ2n) is 4.93. The average Bonchev–Trinajstić information content (AvgIpc) is 2.47. The highest BCUT2D eigenvalue weighted by atomic mass is 19.1. The summed E-state index contributed by atoms with van der Waals surface area (Å²) in [6, 6.07) is 6.30. The standard InChI is InChI=1S/C15H18FN3O2/c1-2-21-15(20)18-12-4-3-7-19(10-12)14-6-5-11(9-17)8-13(14)16/h5-6,8,12H,2-4,7,10H2,1H3,(H,18,20)/t12-/m1/s1. The van der Waals surface area contributed by atoms with Gasteiger partial charge in [0.2, 0.25) is 0 Å². The number of halogens is 1. The van der Waals surface area contributed by atoms with Gasteiger partial charge in [0.15, 0.2) is 0 Å². The van der Waals surface area contributed by atoms with Crippen LogP contribution in [0.2, 0.25) is 0 Å². The molecule has 2 rings (SSSR count). The first kappa shape index (κ1) is 15.1. The predicted octanol–water partition coefficient (Wildman–Crippen LogP) is 2.41. The van der Waals surface area contributed by atoms with Crippen molar-refractivity contribution in [1.82, 2.24) is 5.32 Å². The number of hydrogen-bond acceptors (Lipinski definition) is 4. The first-order chi connectivity index (χ1) is 10.1. The first-order valence-corrected chi connectivity index (χ1v) is 7.02. The highest BCUT2D eigenvalue weighted by molar-refractivity contribution is 5.67. The summed E-state index contributed by atoms with van der Waals surface area (Å²) in [5.74, 6) is -0.411. The van der Waals surface area contributed by atoms with E-state index < -0.39 is 11.9 Å². The maximum Gasteiger partial charge on any atom is 0.407 e. The lowest BCUT2D eigenvalue weighted by molar-refractivity contribution is 0.146. The number of carbonyl (C=O) groups is 1. The molecule has 0 aliphatic carbocycles. The van der Waals surface area contributed by atoms with Crippen LogP contribution in [0.15, 0.2) is 18.2 Å². The Bertz CT molecular complexity index is 556. The van der Waals surface area contributed by atoms with Crippen LogP contribution in [0.25, 0.3) is 0 Å². The number of nitrogens with zero attached hydrogens (tertiary/aromatic N) is 2. The zero-order valence-corrected chi connectivity index (χ0v) is 11.9. The maximum absolute atomic E-state index is 14.0. The topological polar surface area (TPSA) is 65.4 Å². The maximum atomic E-state index is 14.0. The molecule has 0 spiro atoms. The number of rotatable bonds is 3. The first-order valence-electron chi connectivity index (χ1n) is 7.02. The van der Waals surface area contributed by atoms with Crippen molar-refractivity contribution in [3.63, 3.8) is 0 Å². The quantitative estimate of drug-likeness (QED) is 0.928. The minimum atomic E-state index is -0.440. The van der Waals surface area contributed by atoms with Crippen LogP contribution in [-0.2, 0) is 4.74 Å². The molecule has 0 radical (unpaired) electrons. The van der Waals surface area contributed by atoms with Gasteiger partial charge in [-0.15, -0.1) is 0 Å². The van der Waals surface area contributed by atoms with E-state index in [0.717, 1.165) is 19.4 Å². The Morgan fingerprint density at radius 2 is 2.43 bits per heavy atom. The average molecular weight is 291 g/mol. The largest absolute Gasteiger partial charge is 0.450 e. The number of nitriles is 1. The number of hydrogen-bond donors (Lipinski definition) is 1. The zero-order valence-electron chi connectivity index (χ0n) is 11.9. The van der Waals surface area contributed by atoms with Crippen molar-refractivity contribution < 1.29 is 13.9 Å². The molecule has 1 aromatic rings. The molecule has 1 saturated heterocycles. The highest BCUT2D eigenvalue weighted by Crippen LogP contribution is 2.24. The summed E-state index contributed by atoms with van der Waals surface area (Å²) in [6.45, 7) is 3.33. The van der Waals surface area contributed by atoms with E-state index in [1.165, 1.54) is 6.07 Å². The summed E-state index contributed by atoms with van der Waals surface area (Å²) in [7, 11) is 0. The molecule has 1 amide bonds. The molecule has 0 aromatic heterocycles. The van der Waals surface area contributed by atoms with Gasteiger partial charge in [0, 0.05) is 19.1 Å². The van der Waals surface area contributed by atoms with Gasteiger partial charge in [-0.25, -0.2) is 9.18 Å². The van der Waals surface area contributed by atoms with Crippen molar-refractivity contribution in [2.24, 2.45) is 0 Å². The summed E-state index contributed by atoms with van der Waals surface area (Å²) in [5.41, 5.74) is 0.763. The number of ether oxygens (including phenoxy) is 1. The Morgan fingerprint density at radius 1 is 1.62 bits per heavy atom. The summed E-state index contributed by atoms with van der Waals surface area (Å²) in [6.07, 6.45) is 1.26. The number of alkyl carbamates (subject to hydrolysis) is 1. The van der Waals surface area contributed by atoms with Crippen LogP contribution in [0.3, 0.4) is 0 Å². The molecule has 1 aliphatic heterocycles. The zero-order chi connectivity index (χ0) is 15.2. The van der Waals surface area contributed by atoms with Crippen LogP contribution in [0.5, 0.6) is 0 Å². The van der Waals surface area contributed by atoms with Gasteiger partial charge < -0.3 is 15.0 Å². The lowest BCUT2D eigenvalue weighted by Gasteiger charge is -2.34. The smallest absolute Gasteiger partial charge is 0.407 e.